The smallest absolute Gasteiger partial charge is 0.276 e. The first-order valence-electron chi connectivity index (χ1n) is 7.56. The number of rotatable bonds is 7. The van der Waals surface area contributed by atoms with E-state index in [9.17, 15) is 14.9 Å². The van der Waals surface area contributed by atoms with Crippen molar-refractivity contribution in [2.75, 3.05) is 40.5 Å². The summed E-state index contributed by atoms with van der Waals surface area (Å²) in [5, 5.41) is 17.0. The van der Waals surface area contributed by atoms with E-state index >= 15 is 0 Å². The van der Waals surface area contributed by atoms with Crippen molar-refractivity contribution in [3.63, 3.8) is 0 Å². The van der Waals surface area contributed by atoms with Gasteiger partial charge in [-0.3, -0.25) is 14.9 Å². The van der Waals surface area contributed by atoms with Gasteiger partial charge in [0.05, 0.1) is 31.8 Å². The second kappa shape index (κ2) is 8.46. The van der Waals surface area contributed by atoms with Crippen LogP contribution >= 0.6 is 0 Å². The van der Waals surface area contributed by atoms with Gasteiger partial charge >= 0.3 is 0 Å². The number of nitro groups is 1. The Hall–Kier alpha value is -2.39. The maximum absolute atomic E-state index is 12.0. The third kappa shape index (κ3) is 4.33. The van der Waals surface area contributed by atoms with E-state index in [0.717, 1.165) is 6.54 Å². The van der Waals surface area contributed by atoms with E-state index in [1.807, 2.05) is 0 Å². The molecule has 1 aromatic rings. The lowest BCUT2D eigenvalue weighted by molar-refractivity contribution is -0.385. The fourth-order valence-electron chi connectivity index (χ4n) is 2.45. The number of nitro benzene ring substituents is 1. The first kappa shape index (κ1) is 18.0. The topological polar surface area (TPSA) is 112 Å². The van der Waals surface area contributed by atoms with Crippen molar-refractivity contribution in [1.82, 2.24) is 10.6 Å². The minimum Gasteiger partial charge on any atom is -0.493 e. The van der Waals surface area contributed by atoms with Crippen molar-refractivity contribution in [1.29, 1.82) is 0 Å². The molecule has 1 fully saturated rings. The monoisotopic (exact) mass is 339 g/mol. The van der Waals surface area contributed by atoms with Crippen molar-refractivity contribution in [3.05, 3.63) is 27.8 Å². The molecule has 0 radical (unpaired) electrons. The maximum Gasteiger partial charge on any atom is 0.276 e. The van der Waals surface area contributed by atoms with Crippen LogP contribution in [0.5, 0.6) is 11.5 Å². The highest BCUT2D eigenvalue weighted by atomic mass is 16.6. The van der Waals surface area contributed by atoms with E-state index in [2.05, 4.69) is 10.6 Å². The molecule has 1 unspecified atom stereocenters. The molecule has 24 heavy (non-hydrogen) atoms. The molecule has 0 aliphatic carbocycles. The summed E-state index contributed by atoms with van der Waals surface area (Å²) in [6, 6.07) is 2.88. The summed E-state index contributed by atoms with van der Waals surface area (Å²) < 4.78 is 15.6. The van der Waals surface area contributed by atoms with Gasteiger partial charge in [-0.25, -0.2) is 0 Å². The van der Waals surface area contributed by atoms with E-state index in [4.69, 9.17) is 14.2 Å². The molecule has 0 bridgehead atoms. The predicted octanol–water partition coefficient (Wildman–Crippen LogP) is 0.259. The second-order valence-electron chi connectivity index (χ2n) is 5.20. The highest BCUT2D eigenvalue weighted by Gasteiger charge is 2.22. The zero-order valence-corrected chi connectivity index (χ0v) is 13.7. The van der Waals surface area contributed by atoms with Crippen LogP contribution in [0.15, 0.2) is 12.1 Å². The van der Waals surface area contributed by atoms with Crippen LogP contribution in [-0.2, 0) is 16.0 Å². The van der Waals surface area contributed by atoms with Crippen molar-refractivity contribution < 1.29 is 23.9 Å². The molecule has 1 aromatic carbocycles. The van der Waals surface area contributed by atoms with Gasteiger partial charge in [0.2, 0.25) is 5.91 Å². The van der Waals surface area contributed by atoms with Crippen LogP contribution in [0.3, 0.4) is 0 Å². The van der Waals surface area contributed by atoms with Gasteiger partial charge in [0.25, 0.3) is 5.69 Å². The van der Waals surface area contributed by atoms with Gasteiger partial charge in [-0.15, -0.1) is 0 Å². The summed E-state index contributed by atoms with van der Waals surface area (Å²) >= 11 is 0. The first-order valence-corrected chi connectivity index (χ1v) is 7.56. The van der Waals surface area contributed by atoms with Crippen LogP contribution in [0.4, 0.5) is 5.69 Å². The number of nitrogens with zero attached hydrogens (tertiary/aromatic N) is 1. The molecule has 2 N–H and O–H groups in total. The number of ether oxygens (including phenoxy) is 3. The van der Waals surface area contributed by atoms with Gasteiger partial charge in [-0.1, -0.05) is 0 Å². The standard InChI is InChI=1S/C15H21N3O6/c1-22-12-7-10(11(18(20)21)8-13(12)23-2)3-4-17-15(19)14-9-16-5-6-24-14/h7-8,14,16H,3-6,9H2,1-2H3,(H,17,19). The molecule has 0 aromatic heterocycles. The summed E-state index contributed by atoms with van der Waals surface area (Å²) in [6.45, 7) is 1.93. The Morgan fingerprint density at radius 1 is 1.42 bits per heavy atom. The molecule has 2 rings (SSSR count). The quantitative estimate of drug-likeness (QED) is 0.541. The minimum atomic E-state index is -0.529. The largest absolute Gasteiger partial charge is 0.493 e. The number of hydrogen-bond acceptors (Lipinski definition) is 7. The van der Waals surface area contributed by atoms with E-state index in [-0.39, 0.29) is 18.1 Å². The Kier molecular flexibility index (Phi) is 6.33. The molecule has 9 heteroatoms. The Morgan fingerprint density at radius 2 is 2.12 bits per heavy atom. The molecule has 1 heterocycles. The number of carbonyl (C=O) groups excluding carboxylic acids is 1. The number of benzene rings is 1. The van der Waals surface area contributed by atoms with Crippen LogP contribution in [0.25, 0.3) is 0 Å². The van der Waals surface area contributed by atoms with Gasteiger partial charge in [0.15, 0.2) is 11.5 Å². The van der Waals surface area contributed by atoms with Crippen LogP contribution in [0.2, 0.25) is 0 Å². The number of methoxy groups -OCH3 is 2. The van der Waals surface area contributed by atoms with Crippen molar-refractivity contribution >= 4 is 11.6 Å². The lowest BCUT2D eigenvalue weighted by Crippen LogP contribution is -2.48. The minimum absolute atomic E-state index is 0.0718. The molecule has 1 saturated heterocycles. The lowest BCUT2D eigenvalue weighted by Gasteiger charge is -2.22. The van der Waals surface area contributed by atoms with Crippen molar-refractivity contribution in [2.45, 2.75) is 12.5 Å². The second-order valence-corrected chi connectivity index (χ2v) is 5.20. The van der Waals surface area contributed by atoms with E-state index in [0.29, 0.717) is 36.6 Å². The van der Waals surface area contributed by atoms with Gasteiger partial charge in [-0.2, -0.15) is 0 Å². The average Bonchev–Trinajstić information content (AvgIpc) is 2.61. The lowest BCUT2D eigenvalue weighted by atomic mass is 10.1. The highest BCUT2D eigenvalue weighted by molar-refractivity contribution is 5.81. The third-order valence-electron chi connectivity index (χ3n) is 3.70. The number of carbonyl (C=O) groups is 1. The fourth-order valence-corrected chi connectivity index (χ4v) is 2.45. The Bertz CT molecular complexity index is 601. The number of nitrogens with one attached hydrogen (secondary N) is 2. The highest BCUT2D eigenvalue weighted by Crippen LogP contribution is 2.34. The molecule has 132 valence electrons. The van der Waals surface area contributed by atoms with Gasteiger partial charge in [0, 0.05) is 25.2 Å². The summed E-state index contributed by atoms with van der Waals surface area (Å²) in [7, 11) is 2.88. The van der Waals surface area contributed by atoms with Gasteiger partial charge in [-0.05, 0) is 12.5 Å². The summed E-state index contributed by atoms with van der Waals surface area (Å²) in [5.74, 6) is 0.466. The van der Waals surface area contributed by atoms with Crippen molar-refractivity contribution in [3.8, 4) is 11.5 Å². The normalized spacial score (nSPS) is 17.2. The molecule has 1 atom stereocenters. The average molecular weight is 339 g/mol. The van der Waals surface area contributed by atoms with Gasteiger partial charge in [0.1, 0.15) is 6.10 Å². The summed E-state index contributed by atoms with van der Waals surface area (Å²) in [4.78, 5) is 22.7. The van der Waals surface area contributed by atoms with Crippen LogP contribution in [-0.4, -0.2) is 57.4 Å². The molecular formula is C15H21N3O6. The Morgan fingerprint density at radius 3 is 2.71 bits per heavy atom. The molecule has 0 spiro atoms. The molecule has 0 saturated carbocycles. The van der Waals surface area contributed by atoms with Crippen molar-refractivity contribution in [2.24, 2.45) is 0 Å². The molecule has 9 nitrogen and oxygen atoms in total. The number of hydrogen-bond donors (Lipinski definition) is 2. The van der Waals surface area contributed by atoms with Crippen LogP contribution < -0.4 is 20.1 Å². The van der Waals surface area contributed by atoms with Crippen LogP contribution in [0, 0.1) is 10.1 Å². The summed E-state index contributed by atoms with van der Waals surface area (Å²) in [6.07, 6.45) is -0.234. The van der Waals surface area contributed by atoms with E-state index in [1.165, 1.54) is 20.3 Å². The van der Waals surface area contributed by atoms with Gasteiger partial charge < -0.3 is 24.8 Å². The first-order chi connectivity index (χ1) is 11.6. The third-order valence-corrected chi connectivity index (χ3v) is 3.70. The predicted molar refractivity (Wildman–Crippen MR) is 85.5 cm³/mol. The summed E-state index contributed by atoms with van der Waals surface area (Å²) in [5.41, 5.74) is 0.387. The maximum atomic E-state index is 12.0. The zero-order valence-electron chi connectivity index (χ0n) is 13.7. The van der Waals surface area contributed by atoms with E-state index in [1.54, 1.807) is 6.07 Å². The fraction of sp³-hybridized carbons (Fsp3) is 0.533. The van der Waals surface area contributed by atoms with Crippen LogP contribution in [0.1, 0.15) is 5.56 Å². The number of morpholine rings is 1. The van der Waals surface area contributed by atoms with E-state index < -0.39 is 11.0 Å². The molecule has 1 aliphatic heterocycles. The molecule has 1 aliphatic rings. The SMILES string of the molecule is COc1cc(CCNC(=O)C2CNCCO2)c([N+](=O)[O-])cc1OC. The Labute approximate surface area is 139 Å². The Balaban J connectivity index is 2.02. The number of amides is 1. The molecular weight excluding hydrogens is 318 g/mol. The zero-order chi connectivity index (χ0) is 17.5. The molecule has 1 amide bonds.